The lowest BCUT2D eigenvalue weighted by Crippen LogP contribution is -2.46. The van der Waals surface area contributed by atoms with Gasteiger partial charge in [0, 0.05) is 12.5 Å². The van der Waals surface area contributed by atoms with Crippen molar-refractivity contribution in [2.24, 2.45) is 0 Å². The third kappa shape index (κ3) is 2.68. The lowest BCUT2D eigenvalue weighted by Gasteiger charge is -2.28. The molecule has 138 valence electrons. The molecular weight excluding hydrogens is 359 g/mol. The Bertz CT molecular complexity index is 1120. The monoisotopic (exact) mass is 373 g/mol. The fourth-order valence-electron chi connectivity index (χ4n) is 3.46. The van der Waals surface area contributed by atoms with Gasteiger partial charge in [-0.1, -0.05) is 24.3 Å². The molecule has 8 heteroatoms. The van der Waals surface area contributed by atoms with Gasteiger partial charge in [0.15, 0.2) is 0 Å². The van der Waals surface area contributed by atoms with Crippen LogP contribution >= 0.6 is 0 Å². The number of nitrogens with zero attached hydrogens (tertiary/aromatic N) is 3. The number of carbonyl (C=O) groups is 1. The van der Waals surface area contributed by atoms with E-state index < -0.39 is 18.1 Å². The topological polar surface area (TPSA) is 55.2 Å². The van der Waals surface area contributed by atoms with E-state index in [1.165, 1.54) is 29.7 Å². The van der Waals surface area contributed by atoms with Gasteiger partial charge >= 0.3 is 12.1 Å². The third-order valence-corrected chi connectivity index (χ3v) is 4.61. The molecule has 0 saturated heterocycles. The largest absolute Gasteiger partial charge is 0.471 e. The number of anilines is 1. The number of amides is 1. The van der Waals surface area contributed by atoms with E-state index in [0.29, 0.717) is 21.6 Å². The first-order valence-electron chi connectivity index (χ1n) is 8.29. The first-order chi connectivity index (χ1) is 12.8. The zero-order valence-corrected chi connectivity index (χ0v) is 14.2. The highest BCUT2D eigenvalue weighted by Gasteiger charge is 2.46. The molecule has 27 heavy (non-hydrogen) atoms. The fraction of sp³-hybridized carbons (Fsp3) is 0.211. The minimum absolute atomic E-state index is 0.0105. The molecule has 0 fully saturated rings. The molecule has 1 amide bonds. The minimum Gasteiger partial charge on any atom is -0.299 e. The number of rotatable bonds is 0. The van der Waals surface area contributed by atoms with Crippen molar-refractivity contribution in [1.29, 1.82) is 0 Å². The van der Waals surface area contributed by atoms with Crippen molar-refractivity contribution in [3.8, 4) is 5.69 Å². The van der Waals surface area contributed by atoms with Crippen LogP contribution in [0.5, 0.6) is 0 Å². The van der Waals surface area contributed by atoms with Gasteiger partial charge in [-0.25, -0.2) is 4.98 Å². The summed E-state index contributed by atoms with van der Waals surface area (Å²) >= 11 is 0. The van der Waals surface area contributed by atoms with Crippen LogP contribution in [-0.4, -0.2) is 27.7 Å². The Hall–Kier alpha value is -3.16. The van der Waals surface area contributed by atoms with E-state index in [4.69, 9.17) is 0 Å². The molecule has 2 aromatic carbocycles. The Morgan fingerprint density at radius 1 is 1.07 bits per heavy atom. The molecule has 0 saturated carbocycles. The average molecular weight is 373 g/mol. The highest BCUT2D eigenvalue weighted by Crippen LogP contribution is 2.34. The van der Waals surface area contributed by atoms with E-state index in [9.17, 15) is 22.8 Å². The maximum Gasteiger partial charge on any atom is 0.471 e. The molecule has 0 spiro atoms. The molecule has 0 radical (unpaired) electrons. The quantitative estimate of drug-likeness (QED) is 0.608. The minimum atomic E-state index is -5.03. The van der Waals surface area contributed by atoms with Crippen molar-refractivity contribution in [3.63, 3.8) is 0 Å². The molecular formula is C19H14F3N3O2. The van der Waals surface area contributed by atoms with E-state index in [1.54, 1.807) is 30.3 Å². The van der Waals surface area contributed by atoms with Crippen LogP contribution in [0.3, 0.4) is 0 Å². The van der Waals surface area contributed by atoms with Gasteiger partial charge in [0.25, 0.3) is 5.56 Å². The Labute approximate surface area is 151 Å². The van der Waals surface area contributed by atoms with E-state index >= 15 is 0 Å². The predicted octanol–water partition coefficient (Wildman–Crippen LogP) is 3.23. The SMILES string of the molecule is CC1Cc2nc3ccccc3c(=O)n2-c2ccccc2N1C(=O)C(F)(F)F. The second kappa shape index (κ2) is 5.94. The summed E-state index contributed by atoms with van der Waals surface area (Å²) in [6, 6.07) is 12.0. The molecule has 0 N–H and O–H groups in total. The molecule has 4 rings (SSSR count). The van der Waals surface area contributed by atoms with Crippen molar-refractivity contribution in [1.82, 2.24) is 9.55 Å². The highest BCUT2D eigenvalue weighted by atomic mass is 19.4. The zero-order valence-electron chi connectivity index (χ0n) is 14.2. The number of aromatic nitrogens is 2. The van der Waals surface area contributed by atoms with E-state index in [1.807, 2.05) is 0 Å². The zero-order chi connectivity index (χ0) is 19.3. The van der Waals surface area contributed by atoms with Gasteiger partial charge in [0.2, 0.25) is 0 Å². The number of halogens is 3. The van der Waals surface area contributed by atoms with Crippen LogP contribution in [0, 0.1) is 0 Å². The van der Waals surface area contributed by atoms with Crippen molar-refractivity contribution in [3.05, 3.63) is 64.7 Å². The summed E-state index contributed by atoms with van der Waals surface area (Å²) in [4.78, 5) is 30.4. The van der Waals surface area contributed by atoms with Gasteiger partial charge in [-0.15, -0.1) is 0 Å². The Morgan fingerprint density at radius 2 is 1.70 bits per heavy atom. The number of hydrogen-bond donors (Lipinski definition) is 0. The normalized spacial score (nSPS) is 16.6. The Balaban J connectivity index is 2.05. The van der Waals surface area contributed by atoms with Crippen LogP contribution in [-0.2, 0) is 11.2 Å². The van der Waals surface area contributed by atoms with Gasteiger partial charge < -0.3 is 0 Å². The summed E-state index contributed by atoms with van der Waals surface area (Å²) in [5.41, 5.74) is 0.327. The van der Waals surface area contributed by atoms with Crippen LogP contribution in [0.15, 0.2) is 53.3 Å². The maximum atomic E-state index is 13.2. The molecule has 2 heterocycles. The fourth-order valence-corrected chi connectivity index (χ4v) is 3.46. The molecule has 1 aliphatic heterocycles. The van der Waals surface area contributed by atoms with Crippen LogP contribution < -0.4 is 10.5 Å². The van der Waals surface area contributed by atoms with Gasteiger partial charge in [0.1, 0.15) is 5.82 Å². The van der Waals surface area contributed by atoms with Crippen molar-refractivity contribution in [2.75, 3.05) is 4.90 Å². The van der Waals surface area contributed by atoms with Gasteiger partial charge in [-0.05, 0) is 31.2 Å². The summed E-state index contributed by atoms with van der Waals surface area (Å²) in [7, 11) is 0. The maximum absolute atomic E-state index is 13.2. The van der Waals surface area contributed by atoms with Crippen LogP contribution in [0.1, 0.15) is 12.7 Å². The summed E-state index contributed by atoms with van der Waals surface area (Å²) in [6.07, 6.45) is -5.02. The molecule has 3 aromatic rings. The highest BCUT2D eigenvalue weighted by molar-refractivity contribution is 6.00. The number of alkyl halides is 3. The first kappa shape index (κ1) is 17.3. The number of fused-ring (bicyclic) bond motifs is 4. The molecule has 0 bridgehead atoms. The summed E-state index contributed by atoms with van der Waals surface area (Å²) in [5.74, 6) is -1.65. The van der Waals surface area contributed by atoms with Crippen LogP contribution in [0.2, 0.25) is 0 Å². The lowest BCUT2D eigenvalue weighted by atomic mass is 10.1. The molecule has 1 atom stereocenters. The molecule has 0 aliphatic carbocycles. The second-order valence-corrected chi connectivity index (χ2v) is 6.40. The Morgan fingerprint density at radius 3 is 2.41 bits per heavy atom. The lowest BCUT2D eigenvalue weighted by molar-refractivity contribution is -0.170. The van der Waals surface area contributed by atoms with Gasteiger partial charge in [-0.2, -0.15) is 13.2 Å². The number of benzene rings is 2. The summed E-state index contributed by atoms with van der Waals surface area (Å²) < 4.78 is 40.9. The molecule has 1 unspecified atom stereocenters. The smallest absolute Gasteiger partial charge is 0.299 e. The molecule has 5 nitrogen and oxygen atoms in total. The standard InChI is InChI=1S/C19H14F3N3O2/c1-11-10-16-23-13-7-3-2-6-12(13)17(26)25(16)15-9-5-4-8-14(15)24(11)18(27)19(20,21)22/h2-9,11H,10H2,1H3. The van der Waals surface area contributed by atoms with Gasteiger partial charge in [-0.3, -0.25) is 19.1 Å². The average Bonchev–Trinajstić information content (AvgIpc) is 2.74. The van der Waals surface area contributed by atoms with Crippen molar-refractivity contribution in [2.45, 2.75) is 25.6 Å². The number of para-hydroxylation sites is 3. The Kier molecular flexibility index (Phi) is 3.80. The van der Waals surface area contributed by atoms with Crippen LogP contribution in [0.4, 0.5) is 18.9 Å². The van der Waals surface area contributed by atoms with E-state index in [-0.39, 0.29) is 23.4 Å². The van der Waals surface area contributed by atoms with Crippen LogP contribution in [0.25, 0.3) is 16.6 Å². The van der Waals surface area contributed by atoms with Gasteiger partial charge in [0.05, 0.1) is 22.3 Å². The predicted molar refractivity (Wildman–Crippen MR) is 94.0 cm³/mol. The first-order valence-corrected chi connectivity index (χ1v) is 8.29. The number of carbonyl (C=O) groups excluding carboxylic acids is 1. The summed E-state index contributed by atoms with van der Waals surface area (Å²) in [5, 5.41) is 0.360. The number of hydrogen-bond acceptors (Lipinski definition) is 3. The molecule has 1 aromatic heterocycles. The van der Waals surface area contributed by atoms with Crippen molar-refractivity contribution < 1.29 is 18.0 Å². The third-order valence-electron chi connectivity index (χ3n) is 4.61. The van der Waals surface area contributed by atoms with E-state index in [0.717, 1.165) is 0 Å². The van der Waals surface area contributed by atoms with E-state index in [2.05, 4.69) is 4.98 Å². The molecule has 1 aliphatic rings. The summed E-state index contributed by atoms with van der Waals surface area (Å²) in [6.45, 7) is 1.51. The van der Waals surface area contributed by atoms with Crippen molar-refractivity contribution >= 4 is 22.5 Å². The second-order valence-electron chi connectivity index (χ2n) is 6.40.